The number of para-hydroxylation sites is 1. The highest BCUT2D eigenvalue weighted by molar-refractivity contribution is 7.14. The Morgan fingerprint density at radius 2 is 2.05 bits per heavy atom. The second-order valence-electron chi connectivity index (χ2n) is 4.46. The van der Waals surface area contributed by atoms with Gasteiger partial charge in [-0.05, 0) is 25.1 Å². The molecule has 96 valence electrons. The number of halogens is 1. The number of rotatable bonds is 3. The minimum absolute atomic E-state index is 0.121. The van der Waals surface area contributed by atoms with E-state index in [1.165, 1.54) is 11.3 Å². The van der Waals surface area contributed by atoms with Gasteiger partial charge < -0.3 is 4.57 Å². The van der Waals surface area contributed by atoms with Gasteiger partial charge in [-0.3, -0.25) is 4.79 Å². The molecule has 2 aromatic heterocycles. The minimum atomic E-state index is 0.121. The van der Waals surface area contributed by atoms with E-state index < -0.39 is 0 Å². The molecule has 2 nitrogen and oxygen atoms in total. The van der Waals surface area contributed by atoms with E-state index in [9.17, 15) is 4.79 Å². The third-order valence-corrected chi connectivity index (χ3v) is 4.41. The van der Waals surface area contributed by atoms with Gasteiger partial charge in [-0.15, -0.1) is 11.3 Å². The fourth-order valence-corrected chi connectivity index (χ4v) is 3.22. The molecule has 0 bridgehead atoms. The van der Waals surface area contributed by atoms with Gasteiger partial charge >= 0.3 is 0 Å². The third kappa shape index (κ3) is 2.31. The molecule has 2 heterocycles. The lowest BCUT2D eigenvalue weighted by Crippen LogP contribution is -2.07. The highest BCUT2D eigenvalue weighted by atomic mass is 35.5. The van der Waals surface area contributed by atoms with Crippen LogP contribution in [0.3, 0.4) is 0 Å². The van der Waals surface area contributed by atoms with Crippen LogP contribution in [0.25, 0.3) is 10.9 Å². The summed E-state index contributed by atoms with van der Waals surface area (Å²) in [5, 5.41) is 1.67. The molecule has 0 aliphatic carbocycles. The predicted molar refractivity (Wildman–Crippen MR) is 80.3 cm³/mol. The summed E-state index contributed by atoms with van der Waals surface area (Å²) in [4.78, 5) is 14.2. The summed E-state index contributed by atoms with van der Waals surface area (Å²) >= 11 is 7.71. The Bertz CT molecular complexity index is 756. The summed E-state index contributed by atoms with van der Waals surface area (Å²) < 4.78 is 1.91. The zero-order valence-electron chi connectivity index (χ0n) is 10.4. The topological polar surface area (TPSA) is 22.0 Å². The second kappa shape index (κ2) is 4.83. The maximum atomic E-state index is 12.2. The van der Waals surface area contributed by atoms with Crippen molar-refractivity contribution in [3.63, 3.8) is 0 Å². The van der Waals surface area contributed by atoms with Crippen LogP contribution in [0.2, 0.25) is 5.02 Å². The quantitative estimate of drug-likeness (QED) is 0.649. The smallest absolute Gasteiger partial charge is 0.192 e. The number of carbonyl (C=O) groups excluding carboxylic acids is 1. The summed E-state index contributed by atoms with van der Waals surface area (Å²) in [5.41, 5.74) is 0.995. The maximum absolute atomic E-state index is 12.2. The molecular weight excluding hydrogens is 278 g/mol. The van der Waals surface area contributed by atoms with Crippen molar-refractivity contribution in [2.45, 2.75) is 13.5 Å². The Morgan fingerprint density at radius 3 is 2.79 bits per heavy atom. The van der Waals surface area contributed by atoms with E-state index >= 15 is 0 Å². The molecule has 4 heteroatoms. The predicted octanol–water partition coefficient (Wildman–Crippen LogP) is 4.55. The van der Waals surface area contributed by atoms with Gasteiger partial charge in [-0.25, -0.2) is 0 Å². The lowest BCUT2D eigenvalue weighted by molar-refractivity contribution is 0.0977. The fourth-order valence-electron chi connectivity index (χ4n) is 2.15. The van der Waals surface area contributed by atoms with Crippen molar-refractivity contribution in [3.05, 3.63) is 57.4 Å². The van der Waals surface area contributed by atoms with Crippen LogP contribution in [0.1, 0.15) is 14.5 Å². The Balaban J connectivity index is 1.95. The number of thiophene rings is 1. The Kier molecular flexibility index (Phi) is 3.17. The molecule has 0 aliphatic heterocycles. The molecule has 1 aromatic carbocycles. The maximum Gasteiger partial charge on any atom is 0.192 e. The lowest BCUT2D eigenvalue weighted by atomic mass is 10.2. The highest BCUT2D eigenvalue weighted by Crippen LogP contribution is 2.26. The molecular formula is C15H12ClNOS. The van der Waals surface area contributed by atoms with Crippen LogP contribution in [0.4, 0.5) is 0 Å². The Labute approximate surface area is 120 Å². The van der Waals surface area contributed by atoms with Gasteiger partial charge in [0.1, 0.15) is 0 Å². The molecule has 0 saturated heterocycles. The van der Waals surface area contributed by atoms with E-state index in [0.717, 1.165) is 20.7 Å². The second-order valence-corrected chi connectivity index (χ2v) is 6.15. The number of Topliss-reactive ketones (excluding diaryl/α,β-unsaturated/α-hetero) is 1. The first kappa shape index (κ1) is 12.5. The molecule has 0 fully saturated rings. The lowest BCUT2D eigenvalue weighted by Gasteiger charge is -2.02. The summed E-state index contributed by atoms with van der Waals surface area (Å²) in [6, 6.07) is 11.7. The number of hydrogen-bond donors (Lipinski definition) is 0. The number of aryl methyl sites for hydroxylation is 1. The van der Waals surface area contributed by atoms with E-state index in [1.807, 2.05) is 54.1 Å². The van der Waals surface area contributed by atoms with Crippen molar-refractivity contribution < 1.29 is 4.79 Å². The summed E-state index contributed by atoms with van der Waals surface area (Å²) in [6.45, 7) is 2.33. The number of aromatic nitrogens is 1. The van der Waals surface area contributed by atoms with Crippen molar-refractivity contribution >= 4 is 39.6 Å². The Morgan fingerprint density at radius 1 is 1.26 bits per heavy atom. The molecule has 0 N–H and O–H groups in total. The van der Waals surface area contributed by atoms with Crippen LogP contribution in [0, 0.1) is 6.92 Å². The summed E-state index contributed by atoms with van der Waals surface area (Å²) in [6.07, 6.45) is 1.82. The SMILES string of the molecule is Cc1ccc(C(=O)Cn2cc(Cl)c3ccccc32)s1. The minimum Gasteiger partial charge on any atom is -0.338 e. The van der Waals surface area contributed by atoms with Crippen LogP contribution < -0.4 is 0 Å². The van der Waals surface area contributed by atoms with Gasteiger partial charge in [0.05, 0.1) is 16.4 Å². The van der Waals surface area contributed by atoms with Crippen LogP contribution >= 0.6 is 22.9 Å². The molecule has 0 atom stereocenters. The van der Waals surface area contributed by atoms with Crippen LogP contribution in [-0.4, -0.2) is 10.4 Å². The first-order valence-electron chi connectivity index (χ1n) is 5.98. The first-order chi connectivity index (χ1) is 9.15. The molecule has 3 aromatic rings. The number of fused-ring (bicyclic) bond motifs is 1. The average molecular weight is 290 g/mol. The molecule has 0 saturated carbocycles. The fraction of sp³-hybridized carbons (Fsp3) is 0.133. The van der Waals surface area contributed by atoms with E-state index in [-0.39, 0.29) is 5.78 Å². The monoisotopic (exact) mass is 289 g/mol. The van der Waals surface area contributed by atoms with Gasteiger partial charge in [-0.1, -0.05) is 29.8 Å². The summed E-state index contributed by atoms with van der Waals surface area (Å²) in [7, 11) is 0. The zero-order chi connectivity index (χ0) is 13.4. The highest BCUT2D eigenvalue weighted by Gasteiger charge is 2.12. The van der Waals surface area contributed by atoms with Crippen LogP contribution in [0.5, 0.6) is 0 Å². The van der Waals surface area contributed by atoms with Gasteiger partial charge in [0.2, 0.25) is 0 Å². The standard InChI is InChI=1S/C15H12ClNOS/c1-10-6-7-15(19-10)14(18)9-17-8-12(16)11-4-2-3-5-13(11)17/h2-8H,9H2,1H3. The van der Waals surface area contributed by atoms with Crippen molar-refractivity contribution in [2.75, 3.05) is 0 Å². The van der Waals surface area contributed by atoms with Crippen molar-refractivity contribution in [2.24, 2.45) is 0 Å². The zero-order valence-corrected chi connectivity index (χ0v) is 12.0. The molecule has 0 aliphatic rings. The Hall–Kier alpha value is -1.58. The van der Waals surface area contributed by atoms with E-state index in [0.29, 0.717) is 11.6 Å². The van der Waals surface area contributed by atoms with Crippen LogP contribution in [-0.2, 0) is 6.54 Å². The van der Waals surface area contributed by atoms with Gasteiger partial charge in [0.15, 0.2) is 5.78 Å². The largest absolute Gasteiger partial charge is 0.338 e. The van der Waals surface area contributed by atoms with Gasteiger partial charge in [-0.2, -0.15) is 0 Å². The molecule has 0 unspecified atom stereocenters. The van der Waals surface area contributed by atoms with Gasteiger partial charge in [0.25, 0.3) is 0 Å². The van der Waals surface area contributed by atoms with Crippen molar-refractivity contribution in [1.82, 2.24) is 4.57 Å². The normalized spacial score (nSPS) is 11.1. The number of nitrogens with zero attached hydrogens (tertiary/aromatic N) is 1. The molecule has 0 radical (unpaired) electrons. The summed E-state index contributed by atoms with van der Waals surface area (Å²) in [5.74, 6) is 0.121. The van der Waals surface area contributed by atoms with E-state index in [4.69, 9.17) is 11.6 Å². The number of hydrogen-bond acceptors (Lipinski definition) is 2. The number of benzene rings is 1. The van der Waals surface area contributed by atoms with Crippen molar-refractivity contribution in [1.29, 1.82) is 0 Å². The van der Waals surface area contributed by atoms with Gasteiger partial charge in [0, 0.05) is 22.0 Å². The average Bonchev–Trinajstić information content (AvgIpc) is 2.96. The molecule has 3 rings (SSSR count). The van der Waals surface area contributed by atoms with E-state index in [2.05, 4.69) is 0 Å². The molecule has 0 amide bonds. The third-order valence-electron chi connectivity index (χ3n) is 3.07. The molecule has 19 heavy (non-hydrogen) atoms. The van der Waals surface area contributed by atoms with E-state index in [1.54, 1.807) is 0 Å². The van der Waals surface area contributed by atoms with Crippen molar-refractivity contribution in [3.8, 4) is 0 Å². The first-order valence-corrected chi connectivity index (χ1v) is 7.17. The number of ketones is 1. The molecule has 0 spiro atoms. The van der Waals surface area contributed by atoms with Crippen LogP contribution in [0.15, 0.2) is 42.6 Å². The number of carbonyl (C=O) groups is 1.